The molecule has 0 unspecified atom stereocenters. The summed E-state index contributed by atoms with van der Waals surface area (Å²) < 4.78 is 11.3. The van der Waals surface area contributed by atoms with Gasteiger partial charge in [-0.3, -0.25) is 4.79 Å². The Morgan fingerprint density at radius 1 is 1.42 bits per heavy atom. The number of carbonyl (C=O) groups excluding carboxylic acids is 1. The van der Waals surface area contributed by atoms with E-state index in [4.69, 9.17) is 21.1 Å². The van der Waals surface area contributed by atoms with E-state index < -0.39 is 0 Å². The number of carbonyl (C=O) groups is 1. The first-order valence-corrected chi connectivity index (χ1v) is 8.74. The lowest BCUT2D eigenvalue weighted by molar-refractivity contribution is -0.126. The van der Waals surface area contributed by atoms with E-state index in [1.165, 1.54) is 0 Å². The first-order chi connectivity index (χ1) is 11.4. The minimum absolute atomic E-state index is 0.227. The first-order valence-electron chi connectivity index (χ1n) is 8.36. The zero-order valence-electron chi connectivity index (χ0n) is 15.0. The molecule has 0 spiro atoms. The lowest BCUT2D eigenvalue weighted by atomic mass is 10.1. The van der Waals surface area contributed by atoms with Gasteiger partial charge < -0.3 is 19.3 Å². The highest BCUT2D eigenvalue weighted by Crippen LogP contribution is 2.35. The summed E-state index contributed by atoms with van der Waals surface area (Å²) >= 11 is 6.22. The fourth-order valence-corrected chi connectivity index (χ4v) is 3.37. The van der Waals surface area contributed by atoms with E-state index in [1.807, 2.05) is 13.1 Å². The third-order valence-corrected chi connectivity index (χ3v) is 4.42. The Kier molecular flexibility index (Phi) is 6.75. The molecule has 1 fully saturated rings. The van der Waals surface area contributed by atoms with Gasteiger partial charge in [-0.25, -0.2) is 0 Å². The van der Waals surface area contributed by atoms with Gasteiger partial charge in [-0.05, 0) is 25.5 Å². The molecule has 0 radical (unpaired) electrons. The molecular formula is C18H27ClN2O3. The molecule has 134 valence electrons. The van der Waals surface area contributed by atoms with Gasteiger partial charge in [-0.2, -0.15) is 0 Å². The smallest absolute Gasteiger partial charge is 0.222 e. The summed E-state index contributed by atoms with van der Waals surface area (Å²) in [5, 5.41) is 0.634. The van der Waals surface area contributed by atoms with Crippen LogP contribution in [0.15, 0.2) is 12.1 Å². The van der Waals surface area contributed by atoms with Crippen LogP contribution in [0.4, 0.5) is 0 Å². The molecule has 0 N–H and O–H groups in total. The summed E-state index contributed by atoms with van der Waals surface area (Å²) in [6.07, 6.45) is 1.55. The number of hydrogen-bond donors (Lipinski definition) is 0. The fourth-order valence-electron chi connectivity index (χ4n) is 3.13. The van der Waals surface area contributed by atoms with Crippen molar-refractivity contribution in [1.29, 1.82) is 0 Å². The molecule has 0 saturated carbocycles. The van der Waals surface area contributed by atoms with Crippen LogP contribution in [0.5, 0.6) is 11.5 Å². The fraction of sp³-hybridized carbons (Fsp3) is 0.611. The highest BCUT2D eigenvalue weighted by atomic mass is 35.5. The van der Waals surface area contributed by atoms with Crippen LogP contribution in [-0.4, -0.2) is 56.6 Å². The summed E-state index contributed by atoms with van der Waals surface area (Å²) in [7, 11) is 5.54. The third kappa shape index (κ3) is 4.77. The van der Waals surface area contributed by atoms with E-state index in [2.05, 4.69) is 18.9 Å². The van der Waals surface area contributed by atoms with Crippen molar-refractivity contribution in [2.75, 3.05) is 40.9 Å². The molecule has 1 amide bonds. The van der Waals surface area contributed by atoms with Crippen LogP contribution in [0.2, 0.25) is 5.02 Å². The van der Waals surface area contributed by atoms with Crippen molar-refractivity contribution in [2.24, 2.45) is 5.92 Å². The van der Waals surface area contributed by atoms with Gasteiger partial charge in [0.15, 0.2) is 11.5 Å². The predicted molar refractivity (Wildman–Crippen MR) is 95.9 cm³/mol. The minimum atomic E-state index is 0.227. The van der Waals surface area contributed by atoms with E-state index in [0.29, 0.717) is 36.3 Å². The summed E-state index contributed by atoms with van der Waals surface area (Å²) in [5.74, 6) is 2.02. The Labute approximate surface area is 149 Å². The maximum absolute atomic E-state index is 11.7. The van der Waals surface area contributed by atoms with E-state index >= 15 is 0 Å². The standard InChI is InChI=1S/C18H27ClN2O3/c1-5-6-24-18-14(8-15(19)9-16(18)23-4)12-20(2)10-13-7-17(22)21(3)11-13/h8-9,13H,5-7,10-12H2,1-4H3/t13-/m1/s1. The van der Waals surface area contributed by atoms with Crippen molar-refractivity contribution in [3.63, 3.8) is 0 Å². The third-order valence-electron chi connectivity index (χ3n) is 4.20. The second-order valence-corrected chi connectivity index (χ2v) is 6.92. The van der Waals surface area contributed by atoms with Crippen molar-refractivity contribution in [1.82, 2.24) is 9.80 Å². The molecule has 24 heavy (non-hydrogen) atoms. The van der Waals surface area contributed by atoms with Gasteiger partial charge in [0.05, 0.1) is 13.7 Å². The number of halogens is 1. The number of rotatable bonds is 8. The molecule has 1 atom stereocenters. The average Bonchev–Trinajstić information content (AvgIpc) is 2.83. The van der Waals surface area contributed by atoms with E-state index in [0.717, 1.165) is 30.8 Å². The number of methoxy groups -OCH3 is 1. The van der Waals surface area contributed by atoms with Gasteiger partial charge in [-0.15, -0.1) is 0 Å². The second-order valence-electron chi connectivity index (χ2n) is 6.49. The number of benzene rings is 1. The Morgan fingerprint density at radius 2 is 2.17 bits per heavy atom. The van der Waals surface area contributed by atoms with Crippen LogP contribution in [-0.2, 0) is 11.3 Å². The van der Waals surface area contributed by atoms with Crippen molar-refractivity contribution in [3.8, 4) is 11.5 Å². The normalized spacial score (nSPS) is 17.7. The second kappa shape index (κ2) is 8.58. The van der Waals surface area contributed by atoms with Gasteiger partial charge in [0.1, 0.15) is 0 Å². The van der Waals surface area contributed by atoms with Gasteiger partial charge in [0.25, 0.3) is 0 Å². The number of nitrogens with zero attached hydrogens (tertiary/aromatic N) is 2. The molecule has 0 aromatic heterocycles. The molecule has 1 aromatic rings. The minimum Gasteiger partial charge on any atom is -0.493 e. The SMILES string of the molecule is CCCOc1c(CN(C)C[C@H]2CC(=O)N(C)C2)cc(Cl)cc1OC. The van der Waals surface area contributed by atoms with Crippen LogP contribution < -0.4 is 9.47 Å². The molecule has 1 heterocycles. The Balaban J connectivity index is 2.09. The monoisotopic (exact) mass is 354 g/mol. The molecule has 0 bridgehead atoms. The van der Waals surface area contributed by atoms with Crippen LogP contribution in [0.1, 0.15) is 25.3 Å². The highest BCUT2D eigenvalue weighted by Gasteiger charge is 2.27. The summed E-state index contributed by atoms with van der Waals surface area (Å²) in [6.45, 7) is 5.09. The van der Waals surface area contributed by atoms with E-state index in [1.54, 1.807) is 18.1 Å². The molecule has 1 aliphatic rings. The van der Waals surface area contributed by atoms with E-state index in [9.17, 15) is 4.79 Å². The number of ether oxygens (including phenoxy) is 2. The highest BCUT2D eigenvalue weighted by molar-refractivity contribution is 6.30. The number of hydrogen-bond acceptors (Lipinski definition) is 4. The zero-order chi connectivity index (χ0) is 17.7. The molecule has 1 aliphatic heterocycles. The topological polar surface area (TPSA) is 42.0 Å². The summed E-state index contributed by atoms with van der Waals surface area (Å²) in [6, 6.07) is 3.71. The van der Waals surface area contributed by atoms with Crippen LogP contribution in [0, 0.1) is 5.92 Å². The van der Waals surface area contributed by atoms with Gasteiger partial charge in [0.2, 0.25) is 5.91 Å². The largest absolute Gasteiger partial charge is 0.493 e. The quantitative estimate of drug-likeness (QED) is 0.719. The van der Waals surface area contributed by atoms with Crippen LogP contribution >= 0.6 is 11.6 Å². The Bertz CT molecular complexity index is 580. The molecule has 1 saturated heterocycles. The van der Waals surface area contributed by atoms with Crippen molar-refractivity contribution in [3.05, 3.63) is 22.7 Å². The average molecular weight is 355 g/mol. The first kappa shape index (κ1) is 18.9. The molecule has 6 heteroatoms. The van der Waals surface area contributed by atoms with Gasteiger partial charge >= 0.3 is 0 Å². The maximum atomic E-state index is 11.7. The van der Waals surface area contributed by atoms with Gasteiger partial charge in [-0.1, -0.05) is 18.5 Å². The number of amides is 1. The summed E-state index contributed by atoms with van der Waals surface area (Å²) in [5.41, 5.74) is 1.01. The van der Waals surface area contributed by atoms with E-state index in [-0.39, 0.29) is 5.91 Å². The number of likely N-dealkylation sites (tertiary alicyclic amines) is 1. The maximum Gasteiger partial charge on any atom is 0.222 e. The summed E-state index contributed by atoms with van der Waals surface area (Å²) in [4.78, 5) is 15.7. The lowest BCUT2D eigenvalue weighted by Gasteiger charge is -2.23. The lowest BCUT2D eigenvalue weighted by Crippen LogP contribution is -2.27. The molecule has 0 aliphatic carbocycles. The van der Waals surface area contributed by atoms with Crippen molar-refractivity contribution < 1.29 is 14.3 Å². The molecule has 1 aromatic carbocycles. The van der Waals surface area contributed by atoms with Crippen LogP contribution in [0.25, 0.3) is 0 Å². The van der Waals surface area contributed by atoms with Gasteiger partial charge in [0, 0.05) is 49.8 Å². The van der Waals surface area contributed by atoms with Crippen molar-refractivity contribution in [2.45, 2.75) is 26.3 Å². The molecule has 5 nitrogen and oxygen atoms in total. The Hall–Kier alpha value is -1.46. The van der Waals surface area contributed by atoms with Crippen molar-refractivity contribution >= 4 is 17.5 Å². The van der Waals surface area contributed by atoms with Crippen LogP contribution in [0.3, 0.4) is 0 Å². The zero-order valence-corrected chi connectivity index (χ0v) is 15.7. The Morgan fingerprint density at radius 3 is 2.75 bits per heavy atom. The predicted octanol–water partition coefficient (Wildman–Crippen LogP) is 3.05. The molecule has 2 rings (SSSR count). The molecular weight excluding hydrogens is 328 g/mol.